The molecule has 0 saturated heterocycles. The van der Waals surface area contributed by atoms with Crippen molar-refractivity contribution in [3.63, 3.8) is 0 Å². The molecule has 0 atom stereocenters. The van der Waals surface area contributed by atoms with Crippen LogP contribution in [-0.4, -0.2) is 88.6 Å². The minimum absolute atomic E-state index is 0.610. The summed E-state index contributed by atoms with van der Waals surface area (Å²) in [5.74, 6) is -19.0. The first-order valence-electron chi connectivity index (χ1n) is 13.9. The molecule has 0 aliphatic rings. The Morgan fingerprint density at radius 2 is 0.480 bits per heavy atom. The fourth-order valence-electron chi connectivity index (χ4n) is 6.04. The molecule has 0 fully saturated rings. The second-order valence-corrected chi connectivity index (χ2v) is 10.5. The first-order chi connectivity index (χ1) is 23.5. The summed E-state index contributed by atoms with van der Waals surface area (Å²) in [4.78, 5) is 100. The third-order valence-electron chi connectivity index (χ3n) is 7.84. The number of carbonyl (C=O) groups is 8. The Morgan fingerprint density at radius 3 is 0.620 bits per heavy atom. The molecule has 0 saturated carbocycles. The van der Waals surface area contributed by atoms with Crippen LogP contribution in [0.5, 0.6) is 0 Å². The van der Waals surface area contributed by atoms with E-state index in [0.29, 0.717) is 0 Å². The minimum Gasteiger partial charge on any atom is -0.478 e. The molecular weight excluding hydrogens is 664 g/mol. The Hall–Kier alpha value is -7.36. The molecule has 8 N–H and O–H groups in total. The summed E-state index contributed by atoms with van der Waals surface area (Å²) in [6, 6.07) is 11.6. The fourth-order valence-corrected chi connectivity index (χ4v) is 6.04. The van der Waals surface area contributed by atoms with Gasteiger partial charge in [-0.15, -0.1) is 0 Å². The lowest BCUT2D eigenvalue weighted by Crippen LogP contribution is -2.26. The number of carboxylic acids is 8. The van der Waals surface area contributed by atoms with Gasteiger partial charge < -0.3 is 40.9 Å². The summed E-state index contributed by atoms with van der Waals surface area (Å²) in [6.45, 7) is 0. The van der Waals surface area contributed by atoms with E-state index < -0.39 is 126 Å². The van der Waals surface area contributed by atoms with Crippen molar-refractivity contribution in [2.45, 2.75) is 11.8 Å². The van der Waals surface area contributed by atoms with Crippen molar-refractivity contribution < 1.29 is 79.2 Å². The van der Waals surface area contributed by atoms with Crippen LogP contribution < -0.4 is 0 Å². The molecule has 0 bridgehead atoms. The zero-order valence-electron chi connectivity index (χ0n) is 24.9. The summed E-state index contributed by atoms with van der Waals surface area (Å²) < 4.78 is 0. The number of carboxylic acid groups (broad SMARTS) is 8. The molecule has 0 heterocycles. The van der Waals surface area contributed by atoms with Gasteiger partial charge in [-0.2, -0.15) is 0 Å². The Balaban J connectivity index is 2.45. The summed E-state index contributed by atoms with van der Waals surface area (Å²) in [5, 5.41) is 81.1. The van der Waals surface area contributed by atoms with Gasteiger partial charge in [-0.3, -0.25) is 0 Å². The molecule has 0 spiro atoms. The van der Waals surface area contributed by atoms with Crippen molar-refractivity contribution >= 4 is 47.8 Å². The molecule has 4 aromatic rings. The molecule has 0 aliphatic heterocycles. The topological polar surface area (TPSA) is 298 Å². The molecule has 0 radical (unpaired) electrons. The van der Waals surface area contributed by atoms with Gasteiger partial charge in [-0.25, -0.2) is 38.4 Å². The van der Waals surface area contributed by atoms with Crippen LogP contribution in [0.25, 0.3) is 0 Å². The van der Waals surface area contributed by atoms with Crippen LogP contribution in [0.1, 0.15) is 117 Å². The third kappa shape index (κ3) is 6.30. The van der Waals surface area contributed by atoms with Crippen molar-refractivity contribution in [1.29, 1.82) is 0 Å². The van der Waals surface area contributed by atoms with Gasteiger partial charge >= 0.3 is 47.8 Å². The van der Waals surface area contributed by atoms with E-state index in [0.717, 1.165) is 72.8 Å². The molecule has 254 valence electrons. The fraction of sp³-hybridized carbons (Fsp3) is 0.0588. The quantitative estimate of drug-likeness (QED) is 0.0975. The summed E-state index contributed by atoms with van der Waals surface area (Å²) in [5.41, 5.74) is -9.98. The van der Waals surface area contributed by atoms with Crippen molar-refractivity contribution in [1.82, 2.24) is 0 Å². The van der Waals surface area contributed by atoms with Gasteiger partial charge in [0.05, 0.1) is 44.5 Å². The maximum absolute atomic E-state index is 12.8. The normalized spacial score (nSPS) is 10.8. The molecule has 4 rings (SSSR count). The van der Waals surface area contributed by atoms with Crippen molar-refractivity contribution in [2.75, 3.05) is 0 Å². The van der Waals surface area contributed by atoms with E-state index >= 15 is 0 Å². The van der Waals surface area contributed by atoms with E-state index in [1.54, 1.807) is 0 Å². The predicted octanol–water partition coefficient (Wildman–Crippen LogP) is 4.24. The third-order valence-corrected chi connectivity index (χ3v) is 7.84. The van der Waals surface area contributed by atoms with Crippen LogP contribution in [0.4, 0.5) is 0 Å². The lowest BCUT2D eigenvalue weighted by atomic mass is 9.68. The average molecular weight is 687 g/mol. The van der Waals surface area contributed by atoms with E-state index in [1.165, 1.54) is 0 Å². The highest BCUT2D eigenvalue weighted by atomic mass is 16.4. The molecule has 0 aliphatic carbocycles. The van der Waals surface area contributed by atoms with Crippen molar-refractivity contribution in [3.05, 3.63) is 140 Å². The predicted molar refractivity (Wildman–Crippen MR) is 165 cm³/mol. The van der Waals surface area contributed by atoms with Crippen LogP contribution in [-0.2, 0) is 0 Å². The monoisotopic (exact) mass is 686 g/mol. The van der Waals surface area contributed by atoms with Crippen LogP contribution in [0.3, 0.4) is 0 Å². The molecule has 0 aromatic heterocycles. The van der Waals surface area contributed by atoms with Crippen LogP contribution in [0.15, 0.2) is 72.8 Å². The highest BCUT2D eigenvalue weighted by Crippen LogP contribution is 2.48. The number of hydrogen-bond donors (Lipinski definition) is 8. The number of hydrogen-bond acceptors (Lipinski definition) is 8. The standard InChI is InChI=1S/C34H22O16/c35-27(36)17-9-1-5-13(23(17)31(43)44)21(14-6-2-10-18(28(37)38)24(14)32(45)46)22(15-7-3-11-19(29(39)40)25(15)33(47)48)16-8-4-12-20(30(41)42)26(16)34(49)50/h1-12,21-22H,(H,35,36)(H,37,38)(H,39,40)(H,41,42)(H,43,44)(H,45,46)(H,47,48)(H,49,50). The Kier molecular flexibility index (Phi) is 9.78. The molecule has 4 aromatic carbocycles. The van der Waals surface area contributed by atoms with Gasteiger partial charge in [0.25, 0.3) is 0 Å². The largest absolute Gasteiger partial charge is 0.478 e. The van der Waals surface area contributed by atoms with Gasteiger partial charge in [0.2, 0.25) is 0 Å². The Labute approximate surface area is 278 Å². The maximum atomic E-state index is 12.8. The number of benzene rings is 4. The van der Waals surface area contributed by atoms with Crippen molar-refractivity contribution in [3.8, 4) is 0 Å². The van der Waals surface area contributed by atoms with E-state index in [9.17, 15) is 79.2 Å². The number of rotatable bonds is 13. The van der Waals surface area contributed by atoms with Crippen LogP contribution >= 0.6 is 0 Å². The highest BCUT2D eigenvalue weighted by Gasteiger charge is 2.41. The molecular formula is C34H22O16. The van der Waals surface area contributed by atoms with E-state index in [-0.39, 0.29) is 0 Å². The Bertz CT molecular complexity index is 1860. The molecule has 0 amide bonds. The zero-order valence-corrected chi connectivity index (χ0v) is 24.9. The second-order valence-electron chi connectivity index (χ2n) is 10.5. The highest BCUT2D eigenvalue weighted by molar-refractivity contribution is 6.07. The van der Waals surface area contributed by atoms with Gasteiger partial charge in [0.1, 0.15) is 0 Å². The van der Waals surface area contributed by atoms with Gasteiger partial charge in [0, 0.05) is 11.8 Å². The smallest absolute Gasteiger partial charge is 0.336 e. The van der Waals surface area contributed by atoms with E-state index in [4.69, 9.17) is 0 Å². The number of aromatic carboxylic acids is 8. The maximum Gasteiger partial charge on any atom is 0.336 e. The van der Waals surface area contributed by atoms with Crippen molar-refractivity contribution in [2.24, 2.45) is 0 Å². The Morgan fingerprint density at radius 1 is 0.300 bits per heavy atom. The van der Waals surface area contributed by atoms with E-state index in [1.807, 2.05) is 0 Å². The molecule has 16 heteroatoms. The first-order valence-corrected chi connectivity index (χ1v) is 13.9. The van der Waals surface area contributed by atoms with Gasteiger partial charge in [-0.1, -0.05) is 48.5 Å². The molecule has 50 heavy (non-hydrogen) atoms. The molecule has 16 nitrogen and oxygen atoms in total. The van der Waals surface area contributed by atoms with Crippen LogP contribution in [0, 0.1) is 0 Å². The molecule has 0 unspecified atom stereocenters. The van der Waals surface area contributed by atoms with Gasteiger partial charge in [-0.05, 0) is 46.5 Å². The average Bonchev–Trinajstić information content (AvgIpc) is 3.05. The summed E-state index contributed by atoms with van der Waals surface area (Å²) in [7, 11) is 0. The minimum atomic E-state index is -2.06. The summed E-state index contributed by atoms with van der Waals surface area (Å²) in [6.07, 6.45) is 0. The first kappa shape index (κ1) is 35.5. The summed E-state index contributed by atoms with van der Waals surface area (Å²) >= 11 is 0. The SMILES string of the molecule is O=C(O)c1cccc(C(c2cccc(C(=O)O)c2C(=O)O)C(c2cccc(C(=O)O)c2C(=O)O)c2cccc(C(=O)O)c2C(=O)O)c1C(=O)O. The van der Waals surface area contributed by atoms with Gasteiger partial charge in [0.15, 0.2) is 0 Å². The lowest BCUT2D eigenvalue weighted by Gasteiger charge is -2.33. The van der Waals surface area contributed by atoms with E-state index in [2.05, 4.69) is 0 Å². The second kappa shape index (κ2) is 13.8. The lowest BCUT2D eigenvalue weighted by molar-refractivity contribution is 0.0646. The van der Waals surface area contributed by atoms with Crippen LogP contribution in [0.2, 0.25) is 0 Å². The zero-order chi connectivity index (χ0) is 37.2.